The summed E-state index contributed by atoms with van der Waals surface area (Å²) < 4.78 is 38.4. The fraction of sp³-hybridized carbons (Fsp3) is 0.105. The van der Waals surface area contributed by atoms with E-state index in [1.807, 2.05) is 42.5 Å². The third-order valence-corrected chi connectivity index (χ3v) is 4.32. The zero-order valence-electron chi connectivity index (χ0n) is 14.0. The molecule has 2 N–H and O–H groups in total. The van der Waals surface area contributed by atoms with Gasteiger partial charge in [-0.1, -0.05) is 42.5 Å². The maximum atomic E-state index is 13.4. The van der Waals surface area contributed by atoms with E-state index in [0.717, 1.165) is 34.7 Å². The molecule has 0 aliphatic heterocycles. The topological polar surface area (TPSA) is 75.3 Å². The number of halogens is 1. The maximum Gasteiger partial charge on any atom is 0.229 e. The first-order valence-electron chi connectivity index (χ1n) is 7.85. The number of benzene rings is 3. The quantitative estimate of drug-likeness (QED) is 0.719. The van der Waals surface area contributed by atoms with Crippen LogP contribution in [0.3, 0.4) is 0 Å². The Hall–Kier alpha value is -2.93. The van der Waals surface area contributed by atoms with Crippen LogP contribution in [0.25, 0.3) is 10.8 Å². The minimum absolute atomic E-state index is 0.0145. The second kappa shape index (κ2) is 7.13. The SMILES string of the molecule is CS(=O)(=O)Nc1cc(F)ccc1NC(=O)Cc1ccc2ccccc2c1. The van der Waals surface area contributed by atoms with Gasteiger partial charge in [0.25, 0.3) is 0 Å². The van der Waals surface area contributed by atoms with Crippen molar-refractivity contribution in [1.82, 2.24) is 0 Å². The molecule has 7 heteroatoms. The Balaban J connectivity index is 1.79. The summed E-state index contributed by atoms with van der Waals surface area (Å²) in [6, 6.07) is 17.0. The van der Waals surface area contributed by atoms with Crippen LogP contribution in [0.5, 0.6) is 0 Å². The summed E-state index contributed by atoms with van der Waals surface area (Å²) in [5, 5.41) is 4.73. The summed E-state index contributed by atoms with van der Waals surface area (Å²) in [5.41, 5.74) is 1.00. The number of hydrogen-bond acceptors (Lipinski definition) is 3. The second-order valence-electron chi connectivity index (χ2n) is 5.97. The number of fused-ring (bicyclic) bond motifs is 1. The number of amides is 1. The van der Waals surface area contributed by atoms with Gasteiger partial charge >= 0.3 is 0 Å². The van der Waals surface area contributed by atoms with Gasteiger partial charge in [0.2, 0.25) is 15.9 Å². The maximum absolute atomic E-state index is 13.4. The molecule has 26 heavy (non-hydrogen) atoms. The van der Waals surface area contributed by atoms with E-state index in [9.17, 15) is 17.6 Å². The van der Waals surface area contributed by atoms with Crippen LogP contribution in [-0.2, 0) is 21.2 Å². The molecule has 0 aliphatic rings. The van der Waals surface area contributed by atoms with Crippen molar-refractivity contribution in [2.24, 2.45) is 0 Å². The summed E-state index contributed by atoms with van der Waals surface area (Å²) in [4.78, 5) is 12.3. The predicted molar refractivity (Wildman–Crippen MR) is 101 cm³/mol. The minimum atomic E-state index is -3.60. The highest BCUT2D eigenvalue weighted by molar-refractivity contribution is 7.92. The highest BCUT2D eigenvalue weighted by Gasteiger charge is 2.12. The summed E-state index contributed by atoms with van der Waals surface area (Å²) in [7, 11) is -3.60. The number of anilines is 2. The number of rotatable bonds is 5. The Morgan fingerprint density at radius 1 is 0.962 bits per heavy atom. The van der Waals surface area contributed by atoms with Gasteiger partial charge < -0.3 is 5.32 Å². The molecule has 0 heterocycles. The van der Waals surface area contributed by atoms with Crippen molar-refractivity contribution in [3.63, 3.8) is 0 Å². The van der Waals surface area contributed by atoms with Crippen molar-refractivity contribution < 1.29 is 17.6 Å². The third-order valence-electron chi connectivity index (χ3n) is 3.73. The van der Waals surface area contributed by atoms with Crippen LogP contribution >= 0.6 is 0 Å². The molecule has 3 aromatic rings. The molecule has 1 amide bonds. The van der Waals surface area contributed by atoms with E-state index in [1.54, 1.807) is 0 Å². The van der Waals surface area contributed by atoms with Gasteiger partial charge in [0, 0.05) is 6.07 Å². The highest BCUT2D eigenvalue weighted by Crippen LogP contribution is 2.24. The summed E-state index contributed by atoms with van der Waals surface area (Å²) in [5.74, 6) is -0.938. The average molecular weight is 372 g/mol. The van der Waals surface area contributed by atoms with Crippen molar-refractivity contribution >= 4 is 38.1 Å². The first-order chi connectivity index (χ1) is 12.3. The molecule has 0 radical (unpaired) electrons. The van der Waals surface area contributed by atoms with Crippen molar-refractivity contribution in [1.29, 1.82) is 0 Å². The normalized spacial score (nSPS) is 11.3. The van der Waals surface area contributed by atoms with E-state index in [-0.39, 0.29) is 23.7 Å². The molecule has 0 aliphatic carbocycles. The Morgan fingerprint density at radius 2 is 1.69 bits per heavy atom. The van der Waals surface area contributed by atoms with Crippen molar-refractivity contribution in [3.8, 4) is 0 Å². The molecule has 0 atom stereocenters. The Kier molecular flexibility index (Phi) is 4.90. The van der Waals surface area contributed by atoms with Gasteiger partial charge in [0.15, 0.2) is 0 Å². The molecule has 0 aromatic heterocycles. The molecule has 3 rings (SSSR count). The van der Waals surface area contributed by atoms with Crippen LogP contribution in [0.1, 0.15) is 5.56 Å². The molecular formula is C19H17FN2O3S. The molecule has 3 aromatic carbocycles. The lowest BCUT2D eigenvalue weighted by molar-refractivity contribution is -0.115. The number of carbonyl (C=O) groups is 1. The first kappa shape index (κ1) is 17.9. The van der Waals surface area contributed by atoms with Gasteiger partial charge in [-0.3, -0.25) is 9.52 Å². The Morgan fingerprint density at radius 3 is 2.42 bits per heavy atom. The second-order valence-corrected chi connectivity index (χ2v) is 7.72. The molecule has 0 saturated carbocycles. The molecule has 0 bridgehead atoms. The van der Waals surface area contributed by atoms with E-state index >= 15 is 0 Å². The van der Waals surface area contributed by atoms with Gasteiger partial charge in [-0.15, -0.1) is 0 Å². The highest BCUT2D eigenvalue weighted by atomic mass is 32.2. The fourth-order valence-corrected chi connectivity index (χ4v) is 3.21. The van der Waals surface area contributed by atoms with Crippen molar-refractivity contribution in [2.45, 2.75) is 6.42 Å². The predicted octanol–water partition coefficient (Wildman–Crippen LogP) is 3.53. The third kappa shape index (κ3) is 4.58. The van der Waals surface area contributed by atoms with Crippen LogP contribution in [0.2, 0.25) is 0 Å². The zero-order valence-corrected chi connectivity index (χ0v) is 14.8. The van der Waals surface area contributed by atoms with Crippen molar-refractivity contribution in [2.75, 3.05) is 16.3 Å². The molecule has 0 spiro atoms. The zero-order chi connectivity index (χ0) is 18.7. The van der Waals surface area contributed by atoms with E-state index in [0.29, 0.717) is 0 Å². The number of carbonyl (C=O) groups excluding carboxylic acids is 1. The number of sulfonamides is 1. The van der Waals surface area contributed by atoms with Crippen LogP contribution < -0.4 is 10.0 Å². The van der Waals surface area contributed by atoms with E-state index in [1.165, 1.54) is 6.07 Å². The Bertz CT molecular complexity index is 1080. The van der Waals surface area contributed by atoms with Gasteiger partial charge in [0.05, 0.1) is 24.1 Å². The molecule has 134 valence electrons. The molecule has 0 fully saturated rings. The number of hydrogen-bond donors (Lipinski definition) is 2. The summed E-state index contributed by atoms with van der Waals surface area (Å²) in [6.45, 7) is 0. The number of nitrogens with one attached hydrogen (secondary N) is 2. The summed E-state index contributed by atoms with van der Waals surface area (Å²) in [6.07, 6.45) is 1.07. The van der Waals surface area contributed by atoms with Crippen LogP contribution in [-0.4, -0.2) is 20.6 Å². The standard InChI is InChI=1S/C19H17FN2O3S/c1-26(24,25)22-18-12-16(20)8-9-17(18)21-19(23)11-13-6-7-14-4-2-3-5-15(14)10-13/h2-10,12,22H,11H2,1H3,(H,21,23). The van der Waals surface area contributed by atoms with E-state index < -0.39 is 15.8 Å². The summed E-state index contributed by atoms with van der Waals surface area (Å²) >= 11 is 0. The van der Waals surface area contributed by atoms with Crippen LogP contribution in [0.4, 0.5) is 15.8 Å². The van der Waals surface area contributed by atoms with Gasteiger partial charge in [0.1, 0.15) is 5.82 Å². The molecule has 0 unspecified atom stereocenters. The van der Waals surface area contributed by atoms with Crippen LogP contribution in [0.15, 0.2) is 60.7 Å². The first-order valence-corrected chi connectivity index (χ1v) is 9.74. The lowest BCUT2D eigenvalue weighted by Gasteiger charge is -2.12. The van der Waals surface area contributed by atoms with Gasteiger partial charge in [-0.25, -0.2) is 12.8 Å². The van der Waals surface area contributed by atoms with Gasteiger partial charge in [-0.05, 0) is 28.5 Å². The smallest absolute Gasteiger partial charge is 0.229 e. The lowest BCUT2D eigenvalue weighted by atomic mass is 10.0. The minimum Gasteiger partial charge on any atom is -0.324 e. The monoisotopic (exact) mass is 372 g/mol. The van der Waals surface area contributed by atoms with Crippen molar-refractivity contribution in [3.05, 3.63) is 72.0 Å². The van der Waals surface area contributed by atoms with E-state index in [2.05, 4.69) is 10.0 Å². The van der Waals surface area contributed by atoms with Crippen LogP contribution in [0, 0.1) is 5.82 Å². The van der Waals surface area contributed by atoms with Gasteiger partial charge in [-0.2, -0.15) is 0 Å². The molecule has 0 saturated heterocycles. The van der Waals surface area contributed by atoms with E-state index in [4.69, 9.17) is 0 Å². The largest absolute Gasteiger partial charge is 0.324 e. The fourth-order valence-electron chi connectivity index (χ4n) is 2.64. The average Bonchev–Trinajstić information content (AvgIpc) is 2.56. The lowest BCUT2D eigenvalue weighted by Crippen LogP contribution is -2.17. The molecule has 5 nitrogen and oxygen atoms in total. The Labute approximate surface area is 150 Å². The molecular weight excluding hydrogens is 355 g/mol.